The molecule has 3 rings (SSSR count). The highest BCUT2D eigenvalue weighted by Gasteiger charge is 2.30. The van der Waals surface area contributed by atoms with Crippen LogP contribution in [0, 0.1) is 5.92 Å². The highest BCUT2D eigenvalue weighted by Crippen LogP contribution is 2.33. The van der Waals surface area contributed by atoms with Crippen molar-refractivity contribution in [2.24, 2.45) is 5.92 Å². The summed E-state index contributed by atoms with van der Waals surface area (Å²) in [5.74, 6) is -0.0914. The molecule has 7 nitrogen and oxygen atoms in total. The average Bonchev–Trinajstić information content (AvgIpc) is 3.42. The average molecular weight is 362 g/mol. The van der Waals surface area contributed by atoms with Gasteiger partial charge in [-0.1, -0.05) is 12.1 Å². The second-order valence-corrected chi connectivity index (χ2v) is 7.43. The highest BCUT2D eigenvalue weighted by atomic mass is 32.2. The van der Waals surface area contributed by atoms with Gasteiger partial charge in [0.25, 0.3) is 10.0 Å². The Labute approximate surface area is 145 Å². The number of rotatable bonds is 6. The molecule has 2 aromatic rings. The fraction of sp³-hybridized carbons (Fsp3) is 0.235. The first-order chi connectivity index (χ1) is 11.9. The van der Waals surface area contributed by atoms with E-state index in [1.54, 1.807) is 24.3 Å². The Morgan fingerprint density at radius 3 is 2.56 bits per heavy atom. The molecule has 1 saturated carbocycles. The molecular formula is C17H18N2O5S. The lowest BCUT2D eigenvalue weighted by Gasteiger charge is -2.13. The van der Waals surface area contributed by atoms with E-state index >= 15 is 0 Å². The number of carbonyl (C=O) groups excluding carboxylic acids is 1. The number of ether oxygens (including phenoxy) is 1. The summed E-state index contributed by atoms with van der Waals surface area (Å²) in [5, 5.41) is 12.4. The zero-order chi connectivity index (χ0) is 18.0. The fourth-order valence-corrected chi connectivity index (χ4v) is 3.39. The Balaban J connectivity index is 1.87. The Morgan fingerprint density at radius 1 is 1.16 bits per heavy atom. The molecule has 0 heterocycles. The normalized spacial score (nSPS) is 14.0. The predicted octanol–water partition coefficient (Wildman–Crippen LogP) is 2.55. The lowest BCUT2D eigenvalue weighted by Crippen LogP contribution is -2.16. The third kappa shape index (κ3) is 3.85. The van der Waals surface area contributed by atoms with Gasteiger partial charge in [0.1, 0.15) is 11.5 Å². The number of aromatic hydroxyl groups is 1. The van der Waals surface area contributed by atoms with Gasteiger partial charge >= 0.3 is 0 Å². The van der Waals surface area contributed by atoms with Crippen molar-refractivity contribution in [2.75, 3.05) is 17.1 Å². The number of sulfonamides is 1. The van der Waals surface area contributed by atoms with Crippen LogP contribution in [-0.4, -0.2) is 26.5 Å². The zero-order valence-corrected chi connectivity index (χ0v) is 14.3. The first-order valence-corrected chi connectivity index (χ1v) is 9.19. The number of carbonyl (C=O) groups is 1. The van der Waals surface area contributed by atoms with Crippen molar-refractivity contribution in [1.82, 2.24) is 0 Å². The number of methoxy groups -OCH3 is 1. The van der Waals surface area contributed by atoms with Crippen LogP contribution in [0.15, 0.2) is 47.4 Å². The lowest BCUT2D eigenvalue weighted by atomic mass is 10.2. The van der Waals surface area contributed by atoms with E-state index in [9.17, 15) is 18.3 Å². The van der Waals surface area contributed by atoms with Crippen LogP contribution in [-0.2, 0) is 14.8 Å². The minimum atomic E-state index is -3.92. The van der Waals surface area contributed by atoms with E-state index in [0.717, 1.165) is 12.8 Å². The Hall–Kier alpha value is -2.74. The van der Waals surface area contributed by atoms with Crippen LogP contribution >= 0.6 is 0 Å². The maximum atomic E-state index is 12.6. The maximum Gasteiger partial charge on any atom is 0.262 e. The minimum absolute atomic E-state index is 0.0635. The number of phenolic OH excluding ortho intramolecular Hbond substituents is 1. The molecule has 132 valence electrons. The van der Waals surface area contributed by atoms with Gasteiger partial charge < -0.3 is 15.2 Å². The van der Waals surface area contributed by atoms with E-state index in [0.29, 0.717) is 11.4 Å². The number of hydrogen-bond acceptors (Lipinski definition) is 5. The lowest BCUT2D eigenvalue weighted by molar-refractivity contribution is -0.117. The molecular weight excluding hydrogens is 344 g/mol. The molecule has 8 heteroatoms. The summed E-state index contributed by atoms with van der Waals surface area (Å²) in [6.07, 6.45) is 1.61. The van der Waals surface area contributed by atoms with E-state index < -0.39 is 10.0 Å². The summed E-state index contributed by atoms with van der Waals surface area (Å²) in [6, 6.07) is 10.3. The molecule has 25 heavy (non-hydrogen) atoms. The third-order valence-electron chi connectivity index (χ3n) is 3.84. The Bertz CT molecular complexity index is 907. The van der Waals surface area contributed by atoms with Gasteiger partial charge in [-0.05, 0) is 43.2 Å². The number of amides is 1. The highest BCUT2D eigenvalue weighted by molar-refractivity contribution is 7.92. The topological polar surface area (TPSA) is 105 Å². The molecule has 1 fully saturated rings. The molecule has 1 aliphatic rings. The van der Waals surface area contributed by atoms with E-state index in [2.05, 4.69) is 10.0 Å². The summed E-state index contributed by atoms with van der Waals surface area (Å²) in [5.41, 5.74) is 0.362. The van der Waals surface area contributed by atoms with Crippen molar-refractivity contribution in [3.63, 3.8) is 0 Å². The molecule has 0 bridgehead atoms. The molecule has 0 radical (unpaired) electrons. The summed E-state index contributed by atoms with van der Waals surface area (Å²) in [6.45, 7) is 0. The van der Waals surface area contributed by atoms with E-state index in [4.69, 9.17) is 4.74 Å². The molecule has 1 amide bonds. The largest absolute Gasteiger partial charge is 0.506 e. The van der Waals surface area contributed by atoms with Gasteiger partial charge in [0.15, 0.2) is 0 Å². The van der Waals surface area contributed by atoms with Gasteiger partial charge in [-0.15, -0.1) is 0 Å². The molecule has 0 aliphatic heterocycles. The van der Waals surface area contributed by atoms with Gasteiger partial charge in [0.2, 0.25) is 5.91 Å². The van der Waals surface area contributed by atoms with Crippen molar-refractivity contribution in [2.45, 2.75) is 17.7 Å². The molecule has 0 atom stereocenters. The predicted molar refractivity (Wildman–Crippen MR) is 93.3 cm³/mol. The molecule has 0 unspecified atom stereocenters. The zero-order valence-electron chi connectivity index (χ0n) is 13.5. The monoisotopic (exact) mass is 362 g/mol. The van der Waals surface area contributed by atoms with Crippen LogP contribution in [0.5, 0.6) is 11.5 Å². The van der Waals surface area contributed by atoms with Crippen molar-refractivity contribution >= 4 is 27.3 Å². The quantitative estimate of drug-likeness (QED) is 0.685. The molecule has 1 aliphatic carbocycles. The number of anilines is 2. The Morgan fingerprint density at radius 2 is 1.88 bits per heavy atom. The molecule has 0 aromatic heterocycles. The van der Waals surface area contributed by atoms with Crippen LogP contribution in [0.4, 0.5) is 11.4 Å². The summed E-state index contributed by atoms with van der Waals surface area (Å²) < 4.78 is 32.8. The van der Waals surface area contributed by atoms with Gasteiger partial charge in [-0.25, -0.2) is 8.42 Å². The van der Waals surface area contributed by atoms with Gasteiger partial charge in [0.05, 0.1) is 23.4 Å². The van der Waals surface area contributed by atoms with E-state index in [1.807, 2.05) is 0 Å². The smallest absolute Gasteiger partial charge is 0.262 e. The van der Waals surface area contributed by atoms with Crippen LogP contribution in [0.25, 0.3) is 0 Å². The standard InChI is InChI=1S/C17H18N2O5S/c1-24-16-5-3-2-4-13(16)19-25(22,23)12-8-9-15(20)14(10-12)18-17(21)11-6-7-11/h2-5,8-11,19-20H,6-7H2,1H3,(H,18,21). The van der Waals surface area contributed by atoms with Gasteiger partial charge in [-0.2, -0.15) is 0 Å². The second-order valence-electron chi connectivity index (χ2n) is 5.75. The van der Waals surface area contributed by atoms with Crippen LogP contribution in [0.3, 0.4) is 0 Å². The second kappa shape index (κ2) is 6.64. The number of hydrogen-bond donors (Lipinski definition) is 3. The number of nitrogens with one attached hydrogen (secondary N) is 2. The molecule has 3 N–H and O–H groups in total. The van der Waals surface area contributed by atoms with E-state index in [-0.39, 0.29) is 28.2 Å². The van der Waals surface area contributed by atoms with Gasteiger partial charge in [0, 0.05) is 5.92 Å². The summed E-state index contributed by atoms with van der Waals surface area (Å²) in [4.78, 5) is 11.8. The number of para-hydroxylation sites is 2. The Kier molecular flexibility index (Phi) is 4.54. The molecule has 2 aromatic carbocycles. The summed E-state index contributed by atoms with van der Waals surface area (Å²) in [7, 11) is -2.47. The van der Waals surface area contributed by atoms with Crippen LogP contribution < -0.4 is 14.8 Å². The fourth-order valence-electron chi connectivity index (χ4n) is 2.30. The third-order valence-corrected chi connectivity index (χ3v) is 5.20. The maximum absolute atomic E-state index is 12.6. The first-order valence-electron chi connectivity index (χ1n) is 7.70. The summed E-state index contributed by atoms with van der Waals surface area (Å²) >= 11 is 0. The van der Waals surface area contributed by atoms with Crippen LogP contribution in [0.1, 0.15) is 12.8 Å². The first kappa shape index (κ1) is 17.1. The molecule has 0 saturated heterocycles. The van der Waals surface area contributed by atoms with Crippen molar-refractivity contribution in [1.29, 1.82) is 0 Å². The van der Waals surface area contributed by atoms with E-state index in [1.165, 1.54) is 25.3 Å². The molecule has 0 spiro atoms. The number of phenols is 1. The SMILES string of the molecule is COc1ccccc1NS(=O)(=O)c1ccc(O)c(NC(=O)C2CC2)c1. The van der Waals surface area contributed by atoms with Crippen LogP contribution in [0.2, 0.25) is 0 Å². The van der Waals surface area contributed by atoms with Gasteiger partial charge in [-0.3, -0.25) is 9.52 Å². The van der Waals surface area contributed by atoms with Crippen molar-refractivity contribution in [3.8, 4) is 11.5 Å². The van der Waals surface area contributed by atoms with Crippen molar-refractivity contribution < 1.29 is 23.1 Å². The van der Waals surface area contributed by atoms with Crippen molar-refractivity contribution in [3.05, 3.63) is 42.5 Å². The number of benzene rings is 2. The minimum Gasteiger partial charge on any atom is -0.506 e.